The van der Waals surface area contributed by atoms with E-state index in [1.54, 1.807) is 13.0 Å². The molecular weight excluding hydrogens is 307 g/mol. The molecule has 0 aromatic heterocycles. The summed E-state index contributed by atoms with van der Waals surface area (Å²) in [7, 11) is 0. The maximum atomic E-state index is 13.9. The first-order valence-electron chi connectivity index (χ1n) is 6.96. The highest BCUT2D eigenvalue weighted by atomic mass is 19.2. The minimum Gasteiger partial charge on any atom is -0.350 e. The maximum absolute atomic E-state index is 13.9. The smallest absolute Gasteiger partial charge is 0.267 e. The molecule has 0 spiro atoms. The first-order chi connectivity index (χ1) is 10.9. The van der Waals surface area contributed by atoms with Crippen LogP contribution in [0.1, 0.15) is 29.8 Å². The van der Waals surface area contributed by atoms with Gasteiger partial charge in [-0.25, -0.2) is 19.0 Å². The summed E-state index contributed by atoms with van der Waals surface area (Å²) in [5, 5.41) is 2.39. The van der Waals surface area contributed by atoms with Crippen molar-refractivity contribution in [2.45, 2.75) is 20.8 Å². The molecule has 0 atom stereocenters. The lowest BCUT2D eigenvalue weighted by molar-refractivity contribution is 0.0954. The minimum absolute atomic E-state index is 0.0869. The zero-order chi connectivity index (χ0) is 17.6. The van der Waals surface area contributed by atoms with E-state index in [0.717, 1.165) is 12.1 Å². The predicted molar refractivity (Wildman–Crippen MR) is 83.8 cm³/mol. The fourth-order valence-electron chi connectivity index (χ4n) is 1.80. The number of nitrogen functional groups attached to an aromatic ring is 1. The Morgan fingerprint density at radius 3 is 2.26 bits per heavy atom. The van der Waals surface area contributed by atoms with Gasteiger partial charge >= 0.3 is 0 Å². The Bertz CT molecular complexity index is 705. The molecule has 1 amide bonds. The second-order valence-corrected chi connectivity index (χ2v) is 4.37. The number of anilines is 2. The van der Waals surface area contributed by atoms with Crippen molar-refractivity contribution in [3.8, 4) is 0 Å². The van der Waals surface area contributed by atoms with Crippen molar-refractivity contribution in [1.29, 1.82) is 0 Å². The summed E-state index contributed by atoms with van der Waals surface area (Å²) in [6.07, 6.45) is 0. The molecule has 0 bridgehead atoms. The Morgan fingerprint density at radius 1 is 1.04 bits per heavy atom. The molecule has 2 aromatic carbocycles. The van der Waals surface area contributed by atoms with E-state index < -0.39 is 29.0 Å². The molecule has 2 rings (SSSR count). The van der Waals surface area contributed by atoms with Crippen LogP contribution in [0.5, 0.6) is 0 Å². The number of hydrazine groups is 1. The number of hydrogen-bond acceptors (Lipinski definition) is 3. The molecule has 0 aliphatic carbocycles. The van der Waals surface area contributed by atoms with Crippen LogP contribution in [0.25, 0.3) is 0 Å². The lowest BCUT2D eigenvalue weighted by atomic mass is 10.1. The van der Waals surface area contributed by atoms with Crippen molar-refractivity contribution in [3.05, 3.63) is 58.9 Å². The number of hydrogen-bond donors (Lipinski definition) is 3. The molecule has 0 heterocycles. The Kier molecular flexibility index (Phi) is 6.59. The van der Waals surface area contributed by atoms with Crippen molar-refractivity contribution >= 4 is 17.3 Å². The summed E-state index contributed by atoms with van der Waals surface area (Å²) in [5.74, 6) is 1.04. The van der Waals surface area contributed by atoms with E-state index in [1.165, 1.54) is 12.1 Å². The van der Waals surface area contributed by atoms with Gasteiger partial charge < -0.3 is 5.32 Å². The monoisotopic (exact) mass is 325 g/mol. The number of aryl methyl sites for hydroxylation is 1. The third-order valence-electron chi connectivity index (χ3n) is 2.85. The van der Waals surface area contributed by atoms with Crippen molar-refractivity contribution in [3.63, 3.8) is 0 Å². The minimum atomic E-state index is -1.30. The van der Waals surface area contributed by atoms with Gasteiger partial charge in [0.2, 0.25) is 0 Å². The largest absolute Gasteiger partial charge is 0.350 e. The normalized spacial score (nSPS) is 9.70. The number of nitrogens with one attached hydrogen (secondary N) is 2. The average molecular weight is 325 g/mol. The zero-order valence-electron chi connectivity index (χ0n) is 13.0. The van der Waals surface area contributed by atoms with Gasteiger partial charge in [0.15, 0.2) is 11.6 Å². The highest BCUT2D eigenvalue weighted by Crippen LogP contribution is 2.28. The third-order valence-corrected chi connectivity index (χ3v) is 2.85. The van der Waals surface area contributed by atoms with E-state index in [1.807, 2.05) is 19.3 Å². The molecule has 4 nitrogen and oxygen atoms in total. The van der Waals surface area contributed by atoms with Gasteiger partial charge in [-0.3, -0.25) is 10.2 Å². The predicted octanol–water partition coefficient (Wildman–Crippen LogP) is 3.79. The number of nitrogens with two attached hydrogens (primary N) is 1. The lowest BCUT2D eigenvalue weighted by Gasteiger charge is -2.13. The number of amides is 1. The quantitative estimate of drug-likeness (QED) is 0.457. The third kappa shape index (κ3) is 4.23. The van der Waals surface area contributed by atoms with Crippen molar-refractivity contribution < 1.29 is 18.0 Å². The van der Waals surface area contributed by atoms with Gasteiger partial charge in [-0.1, -0.05) is 19.9 Å². The fraction of sp³-hybridized carbons (Fsp3) is 0.188. The van der Waals surface area contributed by atoms with E-state index in [0.29, 0.717) is 5.56 Å². The first-order valence-corrected chi connectivity index (χ1v) is 6.96. The summed E-state index contributed by atoms with van der Waals surface area (Å²) in [5.41, 5.74) is 1.67. The van der Waals surface area contributed by atoms with Gasteiger partial charge in [0.1, 0.15) is 5.82 Å². The average Bonchev–Trinajstić information content (AvgIpc) is 2.55. The van der Waals surface area contributed by atoms with Crippen LogP contribution in [0.3, 0.4) is 0 Å². The van der Waals surface area contributed by atoms with E-state index in [-0.39, 0.29) is 11.3 Å². The summed E-state index contributed by atoms with van der Waals surface area (Å²) >= 11 is 0. The van der Waals surface area contributed by atoms with Crippen LogP contribution >= 0.6 is 0 Å². The van der Waals surface area contributed by atoms with E-state index >= 15 is 0 Å². The molecule has 23 heavy (non-hydrogen) atoms. The fourth-order valence-corrected chi connectivity index (χ4v) is 1.80. The number of rotatable bonds is 3. The number of carbonyl (C=O) groups excluding carboxylic acids is 1. The lowest BCUT2D eigenvalue weighted by Crippen LogP contribution is -2.30. The van der Waals surface area contributed by atoms with Crippen molar-refractivity contribution in [2.24, 2.45) is 5.84 Å². The number of benzene rings is 2. The van der Waals surface area contributed by atoms with Crippen molar-refractivity contribution in [1.82, 2.24) is 5.43 Å². The van der Waals surface area contributed by atoms with Crippen LogP contribution < -0.4 is 16.6 Å². The number of halogens is 3. The molecule has 0 fully saturated rings. The Hall–Kier alpha value is -2.54. The molecule has 0 aliphatic rings. The van der Waals surface area contributed by atoms with Crippen molar-refractivity contribution in [2.75, 3.05) is 5.32 Å². The SMILES string of the molecule is CC.Cc1ccc(Nc2c(C(=O)NN)ccc(F)c2F)c(F)c1. The molecule has 124 valence electrons. The van der Waals surface area contributed by atoms with Gasteiger partial charge in [-0.05, 0) is 36.8 Å². The molecule has 0 radical (unpaired) electrons. The molecule has 4 N–H and O–H groups in total. The molecular formula is C16H18F3N3O. The van der Waals surface area contributed by atoms with Crippen LogP contribution in [0.2, 0.25) is 0 Å². The molecule has 2 aromatic rings. The van der Waals surface area contributed by atoms with E-state index in [9.17, 15) is 18.0 Å². The summed E-state index contributed by atoms with van der Waals surface area (Å²) in [4.78, 5) is 11.6. The molecule has 0 unspecified atom stereocenters. The second-order valence-electron chi connectivity index (χ2n) is 4.37. The number of carbonyl (C=O) groups is 1. The van der Waals surface area contributed by atoms with E-state index in [2.05, 4.69) is 5.32 Å². The van der Waals surface area contributed by atoms with Gasteiger partial charge in [0, 0.05) is 0 Å². The standard InChI is InChI=1S/C14H12F3N3O.C2H6/c1-7-2-5-11(10(16)6-7)19-13-8(14(21)20-18)3-4-9(15)12(13)17;1-2/h2-6,19H,18H2,1H3,(H,20,21);1-2H3. The zero-order valence-corrected chi connectivity index (χ0v) is 13.0. The highest BCUT2D eigenvalue weighted by Gasteiger charge is 2.19. The topological polar surface area (TPSA) is 67.2 Å². The van der Waals surface area contributed by atoms with Gasteiger partial charge in [0.25, 0.3) is 5.91 Å². The second kappa shape index (κ2) is 8.19. The highest BCUT2D eigenvalue weighted by molar-refractivity contribution is 6.00. The Morgan fingerprint density at radius 2 is 1.70 bits per heavy atom. The van der Waals surface area contributed by atoms with Crippen LogP contribution in [0.4, 0.5) is 24.5 Å². The Balaban J connectivity index is 0.00000127. The van der Waals surface area contributed by atoms with Crippen LogP contribution in [-0.2, 0) is 0 Å². The van der Waals surface area contributed by atoms with Gasteiger partial charge in [-0.2, -0.15) is 0 Å². The van der Waals surface area contributed by atoms with Crippen LogP contribution in [-0.4, -0.2) is 5.91 Å². The summed E-state index contributed by atoms with van der Waals surface area (Å²) in [6.45, 7) is 5.68. The molecule has 0 saturated carbocycles. The van der Waals surface area contributed by atoms with Crippen LogP contribution in [0.15, 0.2) is 30.3 Å². The molecule has 7 heteroatoms. The first kappa shape index (κ1) is 18.5. The maximum Gasteiger partial charge on any atom is 0.267 e. The van der Waals surface area contributed by atoms with Gasteiger partial charge in [-0.15, -0.1) is 0 Å². The van der Waals surface area contributed by atoms with E-state index in [4.69, 9.17) is 5.84 Å². The summed E-state index contributed by atoms with van der Waals surface area (Å²) < 4.78 is 41.0. The molecule has 0 aliphatic heterocycles. The summed E-state index contributed by atoms with van der Waals surface area (Å²) in [6, 6.07) is 6.01. The van der Waals surface area contributed by atoms with Gasteiger partial charge in [0.05, 0.1) is 16.9 Å². The van der Waals surface area contributed by atoms with Crippen LogP contribution in [0, 0.1) is 24.4 Å². The molecule has 0 saturated heterocycles. The Labute approximate surface area is 132 Å².